The molecule has 0 bridgehead atoms. The predicted molar refractivity (Wildman–Crippen MR) is 133 cm³/mol. The molecule has 0 spiro atoms. The third-order valence-corrected chi connectivity index (χ3v) is 8.36. The minimum Gasteiger partial charge on any atom is -0.508 e. The number of fused-ring (bicyclic) bond motifs is 3. The first-order valence-electron chi connectivity index (χ1n) is 11.8. The molecule has 1 N–H and O–H groups in total. The van der Waals surface area contributed by atoms with E-state index in [1.807, 2.05) is 18.2 Å². The molecular weight excluding hydrogens is 430 g/mol. The van der Waals surface area contributed by atoms with Crippen LogP contribution in [0, 0.1) is 0 Å². The van der Waals surface area contributed by atoms with Crippen molar-refractivity contribution in [1.29, 1.82) is 0 Å². The molecule has 1 saturated heterocycles. The Labute approximate surface area is 197 Å². The molecular formula is C28H27NO3S. The van der Waals surface area contributed by atoms with Crippen LogP contribution in [-0.2, 0) is 4.79 Å². The monoisotopic (exact) mass is 457 g/mol. The van der Waals surface area contributed by atoms with E-state index < -0.39 is 0 Å². The van der Waals surface area contributed by atoms with Crippen LogP contribution in [-0.4, -0.2) is 47.3 Å². The highest BCUT2D eigenvalue weighted by Crippen LogP contribution is 2.51. The molecule has 1 fully saturated rings. The van der Waals surface area contributed by atoms with Crippen molar-refractivity contribution in [2.75, 3.05) is 26.2 Å². The summed E-state index contributed by atoms with van der Waals surface area (Å²) in [5.41, 5.74) is 4.76. The summed E-state index contributed by atoms with van der Waals surface area (Å²) in [6.45, 7) is 4.06. The van der Waals surface area contributed by atoms with Gasteiger partial charge in [-0.3, -0.25) is 9.69 Å². The van der Waals surface area contributed by atoms with Gasteiger partial charge in [-0.1, -0.05) is 30.7 Å². The highest BCUT2D eigenvalue weighted by atomic mass is 32.2. The number of hydrogen-bond donors (Lipinski definition) is 1. The van der Waals surface area contributed by atoms with Crippen LogP contribution in [0.25, 0.3) is 10.5 Å². The lowest BCUT2D eigenvalue weighted by molar-refractivity contribution is -0.114. The average Bonchev–Trinajstić information content (AvgIpc) is 3.34. The van der Waals surface area contributed by atoms with Crippen LogP contribution in [0.15, 0.2) is 65.8 Å². The maximum atomic E-state index is 12.0. The smallest absolute Gasteiger partial charge is 0.157 e. The number of hydrogen-bond acceptors (Lipinski definition) is 5. The standard InChI is InChI=1S/C28H27NO3S/c30-19-6-10-22-24(16-19)28-27(23-11-7-20(31)17-25(23)33-28)26(22)18-4-8-21(9-5-18)32-15-14-29-12-2-1-3-13-29/h4-11,16,25,30H,1-3,12-15,17H2. The molecule has 168 valence electrons. The lowest BCUT2D eigenvalue weighted by Gasteiger charge is -2.26. The van der Waals surface area contributed by atoms with Crippen molar-refractivity contribution in [2.24, 2.45) is 0 Å². The van der Waals surface area contributed by atoms with Crippen LogP contribution in [0.2, 0.25) is 0 Å². The highest BCUT2D eigenvalue weighted by Gasteiger charge is 2.37. The summed E-state index contributed by atoms with van der Waals surface area (Å²) in [6.07, 6.45) is 8.19. The fraction of sp³-hybridized carbons (Fsp3) is 0.321. The van der Waals surface area contributed by atoms with Crippen molar-refractivity contribution in [1.82, 2.24) is 4.90 Å². The Hall–Kier alpha value is -2.76. The second kappa shape index (κ2) is 8.54. The number of phenols is 1. The molecule has 2 aromatic carbocycles. The molecule has 1 unspecified atom stereocenters. The van der Waals surface area contributed by atoms with Crippen LogP contribution >= 0.6 is 11.8 Å². The number of phenolic OH excluding ortho intramolecular Hbond substituents is 1. The van der Waals surface area contributed by atoms with E-state index in [1.54, 1.807) is 23.9 Å². The van der Waals surface area contributed by atoms with E-state index in [9.17, 15) is 9.90 Å². The molecule has 2 heterocycles. The number of ketones is 1. The predicted octanol–water partition coefficient (Wildman–Crippen LogP) is 3.52. The highest BCUT2D eigenvalue weighted by molar-refractivity contribution is 8.09. The van der Waals surface area contributed by atoms with Gasteiger partial charge in [-0.15, -0.1) is 11.8 Å². The van der Waals surface area contributed by atoms with Crippen LogP contribution in [0.3, 0.4) is 0 Å². The Morgan fingerprint density at radius 2 is 1.79 bits per heavy atom. The van der Waals surface area contributed by atoms with E-state index in [2.05, 4.69) is 29.2 Å². The number of likely N-dealkylation sites (tertiary alicyclic amines) is 1. The average molecular weight is 458 g/mol. The first-order chi connectivity index (χ1) is 16.2. The summed E-state index contributed by atoms with van der Waals surface area (Å²) in [5.74, 6) is 1.34. The molecule has 4 aliphatic rings. The van der Waals surface area contributed by atoms with Gasteiger partial charge in [0, 0.05) is 33.9 Å². The number of ether oxygens (including phenoxy) is 1. The SMILES string of the molecule is O=C1C=CC2=C3C(=c4cc(O)ccc4=C3c3ccc(OCCN4CCCCC4)cc3)SC2C1. The van der Waals surface area contributed by atoms with Gasteiger partial charge in [0.1, 0.15) is 18.1 Å². The van der Waals surface area contributed by atoms with Gasteiger partial charge in [0.2, 0.25) is 0 Å². The molecule has 6 rings (SSSR count). The van der Waals surface area contributed by atoms with Gasteiger partial charge in [-0.05, 0) is 78.2 Å². The second-order valence-electron chi connectivity index (χ2n) is 9.15. The van der Waals surface area contributed by atoms with Gasteiger partial charge in [-0.25, -0.2) is 0 Å². The Morgan fingerprint density at radius 3 is 2.61 bits per heavy atom. The molecule has 33 heavy (non-hydrogen) atoms. The van der Waals surface area contributed by atoms with Crippen LogP contribution in [0.1, 0.15) is 31.2 Å². The molecule has 1 atom stereocenters. The molecule has 2 aliphatic carbocycles. The maximum absolute atomic E-state index is 12.0. The van der Waals surface area contributed by atoms with E-state index in [-0.39, 0.29) is 16.8 Å². The number of aromatic hydroxyl groups is 1. The lowest BCUT2D eigenvalue weighted by Crippen LogP contribution is -2.33. The Balaban J connectivity index is 1.32. The summed E-state index contributed by atoms with van der Waals surface area (Å²) in [7, 11) is 0. The van der Waals surface area contributed by atoms with E-state index >= 15 is 0 Å². The molecule has 2 aliphatic heterocycles. The van der Waals surface area contributed by atoms with Crippen molar-refractivity contribution in [3.8, 4) is 11.5 Å². The van der Waals surface area contributed by atoms with Gasteiger partial charge in [-0.2, -0.15) is 0 Å². The van der Waals surface area contributed by atoms with Crippen molar-refractivity contribution >= 4 is 28.0 Å². The molecule has 4 nitrogen and oxygen atoms in total. The van der Waals surface area contributed by atoms with Gasteiger partial charge in [0.15, 0.2) is 5.78 Å². The third-order valence-electron chi connectivity index (χ3n) is 6.99. The molecule has 0 aromatic heterocycles. The van der Waals surface area contributed by atoms with Crippen molar-refractivity contribution in [2.45, 2.75) is 30.9 Å². The summed E-state index contributed by atoms with van der Waals surface area (Å²) < 4.78 is 6.04. The number of carbonyl (C=O) groups excluding carboxylic acids is 1. The third kappa shape index (κ3) is 3.83. The van der Waals surface area contributed by atoms with Crippen molar-refractivity contribution in [3.63, 3.8) is 0 Å². The molecule has 5 heteroatoms. The van der Waals surface area contributed by atoms with E-state index in [1.165, 1.54) is 54.0 Å². The zero-order valence-electron chi connectivity index (χ0n) is 18.5. The summed E-state index contributed by atoms with van der Waals surface area (Å²) in [5, 5.41) is 12.5. The number of benzene rings is 2. The summed E-state index contributed by atoms with van der Waals surface area (Å²) in [4.78, 5) is 15.7. The zero-order valence-corrected chi connectivity index (χ0v) is 19.4. The van der Waals surface area contributed by atoms with E-state index in [4.69, 9.17) is 4.74 Å². The minimum absolute atomic E-state index is 0.162. The van der Waals surface area contributed by atoms with Crippen molar-refractivity contribution in [3.05, 3.63) is 81.8 Å². The van der Waals surface area contributed by atoms with Gasteiger partial charge in [0.25, 0.3) is 0 Å². The van der Waals surface area contributed by atoms with Crippen LogP contribution in [0.5, 0.6) is 11.5 Å². The number of allylic oxidation sites excluding steroid dienone is 2. The topological polar surface area (TPSA) is 49.8 Å². The fourth-order valence-electron chi connectivity index (χ4n) is 5.35. The first kappa shape index (κ1) is 20.8. The van der Waals surface area contributed by atoms with E-state index in [0.717, 1.165) is 28.3 Å². The van der Waals surface area contributed by atoms with E-state index in [0.29, 0.717) is 13.0 Å². The first-order valence-corrected chi connectivity index (χ1v) is 12.7. The normalized spacial score (nSPS) is 21.9. The number of nitrogens with zero attached hydrogens (tertiary/aromatic N) is 1. The number of piperidine rings is 1. The Bertz CT molecular complexity index is 1300. The number of thioether (sulfide) groups is 1. The minimum atomic E-state index is 0.162. The number of carbonyl (C=O) groups is 1. The second-order valence-corrected chi connectivity index (χ2v) is 10.4. The summed E-state index contributed by atoms with van der Waals surface area (Å²) >= 11 is 1.76. The maximum Gasteiger partial charge on any atom is 0.157 e. The summed E-state index contributed by atoms with van der Waals surface area (Å²) in [6, 6.07) is 14.0. The largest absolute Gasteiger partial charge is 0.508 e. The van der Waals surface area contributed by atoms with Crippen LogP contribution in [0.4, 0.5) is 0 Å². The molecule has 0 amide bonds. The fourth-order valence-corrected chi connectivity index (χ4v) is 6.84. The van der Waals surface area contributed by atoms with Crippen LogP contribution < -0.4 is 15.2 Å². The Morgan fingerprint density at radius 1 is 0.970 bits per heavy atom. The van der Waals surface area contributed by atoms with Gasteiger partial charge < -0.3 is 9.84 Å². The Kier molecular flexibility index (Phi) is 5.39. The van der Waals surface area contributed by atoms with Gasteiger partial charge in [0.05, 0.1) is 0 Å². The number of rotatable bonds is 5. The van der Waals surface area contributed by atoms with Crippen molar-refractivity contribution < 1.29 is 14.6 Å². The molecule has 0 saturated carbocycles. The zero-order chi connectivity index (χ0) is 22.4. The quantitative estimate of drug-likeness (QED) is 0.745. The van der Waals surface area contributed by atoms with Gasteiger partial charge >= 0.3 is 0 Å². The molecule has 0 radical (unpaired) electrons. The molecule has 2 aromatic rings. The lowest BCUT2D eigenvalue weighted by atomic mass is 9.90.